The van der Waals surface area contributed by atoms with E-state index in [4.69, 9.17) is 5.11 Å². The second-order valence-corrected chi connectivity index (χ2v) is 5.49. The predicted molar refractivity (Wildman–Crippen MR) is 71.8 cm³/mol. The molecule has 1 aromatic carbocycles. The number of carboxylic acids is 1. The largest absolute Gasteiger partial charge is 0.478 e. The smallest absolute Gasteiger partial charge is 0.335 e. The maximum atomic E-state index is 11.9. The van der Waals surface area contributed by atoms with E-state index in [1.165, 1.54) is 0 Å². The average molecular weight is 261 g/mol. The Morgan fingerprint density at radius 1 is 1.47 bits per heavy atom. The second kappa shape index (κ2) is 5.43. The van der Waals surface area contributed by atoms with E-state index in [9.17, 15) is 9.59 Å². The Labute approximate surface area is 113 Å². The number of carbonyl (C=O) groups is 2. The van der Waals surface area contributed by atoms with Crippen molar-refractivity contribution < 1.29 is 14.7 Å². The molecule has 0 aromatic heterocycles. The van der Waals surface area contributed by atoms with Gasteiger partial charge in [-0.1, -0.05) is 26.0 Å². The maximum Gasteiger partial charge on any atom is 0.335 e. The van der Waals surface area contributed by atoms with E-state index in [0.717, 1.165) is 12.1 Å². The van der Waals surface area contributed by atoms with Gasteiger partial charge in [-0.3, -0.25) is 4.79 Å². The molecule has 1 unspecified atom stereocenters. The molecular formula is C15H19NO3. The standard InChI is InChI=1S/C15H19NO3/c1-10(2)13-7-14(17)16(9-13)8-11-4-3-5-12(6-11)15(18)19/h3-6,10,13H,7-9H2,1-2H3,(H,18,19). The summed E-state index contributed by atoms with van der Waals surface area (Å²) in [5, 5.41) is 8.96. The highest BCUT2D eigenvalue weighted by atomic mass is 16.4. The van der Waals surface area contributed by atoms with Crippen LogP contribution in [0.4, 0.5) is 0 Å². The molecule has 1 heterocycles. The fourth-order valence-electron chi connectivity index (χ4n) is 2.43. The number of likely N-dealkylation sites (tertiary alicyclic amines) is 1. The molecule has 2 rings (SSSR count). The van der Waals surface area contributed by atoms with Crippen molar-refractivity contribution in [2.45, 2.75) is 26.8 Å². The van der Waals surface area contributed by atoms with Crippen LogP contribution < -0.4 is 0 Å². The van der Waals surface area contributed by atoms with Crippen LogP contribution in [0, 0.1) is 11.8 Å². The van der Waals surface area contributed by atoms with E-state index in [2.05, 4.69) is 13.8 Å². The molecule has 4 heteroatoms. The van der Waals surface area contributed by atoms with Crippen molar-refractivity contribution >= 4 is 11.9 Å². The van der Waals surface area contributed by atoms with Gasteiger partial charge in [0.05, 0.1) is 5.56 Å². The van der Waals surface area contributed by atoms with Gasteiger partial charge in [-0.2, -0.15) is 0 Å². The summed E-state index contributed by atoms with van der Waals surface area (Å²) in [7, 11) is 0. The Bertz CT molecular complexity index is 496. The van der Waals surface area contributed by atoms with Gasteiger partial charge in [0.25, 0.3) is 0 Å². The fourth-order valence-corrected chi connectivity index (χ4v) is 2.43. The summed E-state index contributed by atoms with van der Waals surface area (Å²) in [5.41, 5.74) is 1.14. The van der Waals surface area contributed by atoms with Crippen LogP contribution in [0.2, 0.25) is 0 Å². The van der Waals surface area contributed by atoms with Gasteiger partial charge in [-0.15, -0.1) is 0 Å². The number of carbonyl (C=O) groups excluding carboxylic acids is 1. The van der Waals surface area contributed by atoms with Crippen LogP contribution in [0.15, 0.2) is 24.3 Å². The molecule has 0 aliphatic carbocycles. The SMILES string of the molecule is CC(C)C1CC(=O)N(Cc2cccc(C(=O)O)c2)C1. The molecule has 0 saturated carbocycles. The fraction of sp³-hybridized carbons (Fsp3) is 0.467. The monoisotopic (exact) mass is 261 g/mol. The minimum absolute atomic E-state index is 0.166. The molecule has 1 N–H and O–H groups in total. The molecule has 0 radical (unpaired) electrons. The first-order valence-corrected chi connectivity index (χ1v) is 6.57. The zero-order valence-corrected chi connectivity index (χ0v) is 11.3. The molecule has 1 aromatic rings. The lowest BCUT2D eigenvalue weighted by molar-refractivity contribution is -0.128. The second-order valence-electron chi connectivity index (χ2n) is 5.49. The van der Waals surface area contributed by atoms with Gasteiger partial charge in [-0.05, 0) is 29.5 Å². The number of benzene rings is 1. The van der Waals surface area contributed by atoms with Crippen LogP contribution >= 0.6 is 0 Å². The van der Waals surface area contributed by atoms with E-state index in [1.807, 2.05) is 11.0 Å². The van der Waals surface area contributed by atoms with Crippen LogP contribution in [0.3, 0.4) is 0 Å². The van der Waals surface area contributed by atoms with Gasteiger partial charge in [0.15, 0.2) is 0 Å². The van der Waals surface area contributed by atoms with Crippen molar-refractivity contribution in [2.75, 3.05) is 6.54 Å². The van der Waals surface area contributed by atoms with Crippen molar-refractivity contribution in [2.24, 2.45) is 11.8 Å². The zero-order chi connectivity index (χ0) is 14.0. The molecule has 1 aliphatic rings. The first-order chi connectivity index (χ1) is 8.97. The van der Waals surface area contributed by atoms with Crippen molar-refractivity contribution in [3.63, 3.8) is 0 Å². The van der Waals surface area contributed by atoms with Gasteiger partial charge in [0.1, 0.15) is 0 Å². The number of rotatable bonds is 4. The molecule has 1 atom stereocenters. The Kier molecular flexibility index (Phi) is 3.88. The van der Waals surface area contributed by atoms with Crippen molar-refractivity contribution in [1.82, 2.24) is 4.90 Å². The van der Waals surface area contributed by atoms with E-state index < -0.39 is 5.97 Å². The molecule has 19 heavy (non-hydrogen) atoms. The highest BCUT2D eigenvalue weighted by Gasteiger charge is 2.31. The topological polar surface area (TPSA) is 57.6 Å². The number of aromatic carboxylic acids is 1. The first kappa shape index (κ1) is 13.6. The van der Waals surface area contributed by atoms with Gasteiger partial charge in [-0.25, -0.2) is 4.79 Å². The highest BCUT2D eigenvalue weighted by molar-refractivity contribution is 5.87. The lowest BCUT2D eigenvalue weighted by Gasteiger charge is -2.18. The van der Waals surface area contributed by atoms with Crippen LogP contribution in [0.1, 0.15) is 36.2 Å². The van der Waals surface area contributed by atoms with Gasteiger partial charge < -0.3 is 10.0 Å². The maximum absolute atomic E-state index is 11.9. The van der Waals surface area contributed by atoms with Gasteiger partial charge >= 0.3 is 5.97 Å². The predicted octanol–water partition coefficient (Wildman–Crippen LogP) is 2.39. The number of amides is 1. The molecule has 102 valence electrons. The van der Waals surface area contributed by atoms with Crippen LogP contribution in [-0.2, 0) is 11.3 Å². The lowest BCUT2D eigenvalue weighted by Crippen LogP contribution is -2.25. The third kappa shape index (κ3) is 3.13. The molecule has 0 bridgehead atoms. The molecule has 4 nitrogen and oxygen atoms in total. The zero-order valence-electron chi connectivity index (χ0n) is 11.3. The van der Waals surface area contributed by atoms with Crippen molar-refractivity contribution in [1.29, 1.82) is 0 Å². The first-order valence-electron chi connectivity index (χ1n) is 6.57. The number of hydrogen-bond donors (Lipinski definition) is 1. The number of hydrogen-bond acceptors (Lipinski definition) is 2. The molecular weight excluding hydrogens is 242 g/mol. The minimum Gasteiger partial charge on any atom is -0.478 e. The Morgan fingerprint density at radius 3 is 2.79 bits per heavy atom. The molecule has 1 fully saturated rings. The third-order valence-electron chi connectivity index (χ3n) is 3.73. The van der Waals surface area contributed by atoms with Gasteiger partial charge in [0.2, 0.25) is 5.91 Å². The summed E-state index contributed by atoms with van der Waals surface area (Å²) in [6.07, 6.45) is 0.607. The van der Waals surface area contributed by atoms with Crippen molar-refractivity contribution in [3.8, 4) is 0 Å². The minimum atomic E-state index is -0.936. The Balaban J connectivity index is 2.07. The third-order valence-corrected chi connectivity index (χ3v) is 3.73. The summed E-state index contributed by atoms with van der Waals surface area (Å²) in [4.78, 5) is 24.7. The number of carboxylic acid groups (broad SMARTS) is 1. The van der Waals surface area contributed by atoms with E-state index in [-0.39, 0.29) is 11.5 Å². The molecule has 1 amide bonds. The van der Waals surface area contributed by atoms with Gasteiger partial charge in [0, 0.05) is 19.5 Å². The summed E-state index contributed by atoms with van der Waals surface area (Å²) in [6, 6.07) is 6.79. The lowest BCUT2D eigenvalue weighted by atomic mass is 9.95. The summed E-state index contributed by atoms with van der Waals surface area (Å²) in [5.74, 6) is 0.142. The van der Waals surface area contributed by atoms with Crippen LogP contribution in [-0.4, -0.2) is 28.4 Å². The summed E-state index contributed by atoms with van der Waals surface area (Å²) in [6.45, 7) is 5.54. The van der Waals surface area contributed by atoms with E-state index in [0.29, 0.717) is 24.8 Å². The molecule has 1 saturated heterocycles. The Hall–Kier alpha value is -1.84. The quantitative estimate of drug-likeness (QED) is 0.905. The molecule has 1 aliphatic heterocycles. The molecule has 0 spiro atoms. The number of nitrogens with zero attached hydrogens (tertiary/aromatic N) is 1. The van der Waals surface area contributed by atoms with E-state index in [1.54, 1.807) is 18.2 Å². The van der Waals surface area contributed by atoms with Crippen LogP contribution in [0.25, 0.3) is 0 Å². The summed E-state index contributed by atoms with van der Waals surface area (Å²) >= 11 is 0. The summed E-state index contributed by atoms with van der Waals surface area (Å²) < 4.78 is 0. The normalized spacial score (nSPS) is 19.2. The van der Waals surface area contributed by atoms with Crippen molar-refractivity contribution in [3.05, 3.63) is 35.4 Å². The average Bonchev–Trinajstić information content (AvgIpc) is 2.71. The van der Waals surface area contributed by atoms with Crippen LogP contribution in [0.5, 0.6) is 0 Å². The highest BCUT2D eigenvalue weighted by Crippen LogP contribution is 2.26. The van der Waals surface area contributed by atoms with E-state index >= 15 is 0 Å². The Morgan fingerprint density at radius 2 is 2.21 bits per heavy atom.